The summed E-state index contributed by atoms with van der Waals surface area (Å²) in [5.41, 5.74) is 10.0. The van der Waals surface area contributed by atoms with Crippen molar-refractivity contribution in [2.45, 2.75) is 64.7 Å². The summed E-state index contributed by atoms with van der Waals surface area (Å²) in [4.78, 5) is 0.129. The molecule has 2 aromatic carbocycles. The van der Waals surface area contributed by atoms with Gasteiger partial charge in [-0.2, -0.15) is 0 Å². The first-order valence-corrected chi connectivity index (χ1v) is 11.8. The molecule has 2 aromatic rings. The highest BCUT2D eigenvalue weighted by Crippen LogP contribution is 2.35. The smallest absolute Gasteiger partial charge is 0.223 e. The highest BCUT2D eigenvalue weighted by atomic mass is 32.2. The molecule has 0 saturated carbocycles. The summed E-state index contributed by atoms with van der Waals surface area (Å²) >= 11 is 0. The van der Waals surface area contributed by atoms with Gasteiger partial charge in [0.15, 0.2) is 5.03 Å². The second kappa shape index (κ2) is 8.93. The van der Waals surface area contributed by atoms with Gasteiger partial charge in [-0.25, -0.2) is 14.3 Å². The second-order valence-electron chi connectivity index (χ2n) is 9.13. The number of allylic oxidation sites excluding steroid dienone is 1. The number of hydrazine groups is 1. The number of anilines is 1. The molecule has 4 N–H and O–H groups in total. The summed E-state index contributed by atoms with van der Waals surface area (Å²) in [5, 5.41) is 0.970. The summed E-state index contributed by atoms with van der Waals surface area (Å²) in [7, 11) is -2.35. The Hall–Kier alpha value is -2.51. The van der Waals surface area contributed by atoms with Crippen molar-refractivity contribution in [1.82, 2.24) is 0 Å². The molecule has 0 aliphatic carbocycles. The minimum Gasteiger partial charge on any atom is -0.495 e. The lowest BCUT2D eigenvalue weighted by molar-refractivity contribution is 0.414. The van der Waals surface area contributed by atoms with E-state index in [4.69, 9.17) is 16.3 Å². The molecule has 0 aromatic heterocycles. The van der Waals surface area contributed by atoms with Gasteiger partial charge in [-0.05, 0) is 66.1 Å². The van der Waals surface area contributed by atoms with Crippen molar-refractivity contribution in [2.75, 3.05) is 12.1 Å². The van der Waals surface area contributed by atoms with Gasteiger partial charge in [0.2, 0.25) is 9.84 Å². The molecule has 0 unspecified atom stereocenters. The number of nitrogens with zero attached hydrogens (tertiary/aromatic N) is 1. The Kier molecular flexibility index (Phi) is 7.13. The van der Waals surface area contributed by atoms with Crippen LogP contribution in [0.15, 0.2) is 52.0 Å². The molecular weight excluding hydrogens is 410 g/mol. The third-order valence-corrected chi connectivity index (χ3v) is 7.25. The van der Waals surface area contributed by atoms with Crippen molar-refractivity contribution >= 4 is 15.5 Å². The largest absolute Gasteiger partial charge is 0.495 e. The maximum Gasteiger partial charge on any atom is 0.223 e. The zero-order chi connectivity index (χ0) is 23.7. The maximum atomic E-state index is 13.1. The standard InChI is InChI=1S/C24H35N3O3S/c1-15(2)20-14-22(30-8)21(13-16(20)3)27(26)17(4)23(25)31(28,29)19-11-9-18(10-12-19)24(5,6)7/h9-15H,25-26H2,1-8H3/b23-17+. The molecule has 0 saturated heterocycles. The molecule has 6 nitrogen and oxygen atoms in total. The van der Waals surface area contributed by atoms with Gasteiger partial charge in [0.05, 0.1) is 23.4 Å². The highest BCUT2D eigenvalue weighted by molar-refractivity contribution is 7.95. The summed E-state index contributed by atoms with van der Waals surface area (Å²) < 4.78 is 31.8. The van der Waals surface area contributed by atoms with Gasteiger partial charge in [0.1, 0.15) is 5.75 Å². The van der Waals surface area contributed by atoms with Gasteiger partial charge in [0, 0.05) is 0 Å². The first kappa shape index (κ1) is 24.8. The Bertz CT molecular complexity index is 1080. The van der Waals surface area contributed by atoms with Crippen molar-refractivity contribution in [3.05, 3.63) is 63.8 Å². The van der Waals surface area contributed by atoms with Crippen LogP contribution in [0.2, 0.25) is 0 Å². The molecule has 7 heteroatoms. The van der Waals surface area contributed by atoms with Crippen LogP contribution in [0, 0.1) is 6.92 Å². The van der Waals surface area contributed by atoms with Crippen LogP contribution in [0.1, 0.15) is 64.2 Å². The molecule has 31 heavy (non-hydrogen) atoms. The maximum absolute atomic E-state index is 13.1. The lowest BCUT2D eigenvalue weighted by Gasteiger charge is -2.25. The Balaban J connectivity index is 2.51. The van der Waals surface area contributed by atoms with E-state index in [0.717, 1.165) is 16.7 Å². The van der Waals surface area contributed by atoms with Crippen LogP contribution in [0.3, 0.4) is 0 Å². The number of sulfone groups is 1. The van der Waals surface area contributed by atoms with Crippen LogP contribution in [0.5, 0.6) is 5.75 Å². The normalized spacial score (nSPS) is 13.2. The lowest BCUT2D eigenvalue weighted by Crippen LogP contribution is -2.33. The van der Waals surface area contributed by atoms with E-state index in [1.165, 1.54) is 5.01 Å². The first-order chi connectivity index (χ1) is 14.2. The molecule has 0 atom stereocenters. The third-order valence-electron chi connectivity index (χ3n) is 5.49. The number of hydrogen-bond donors (Lipinski definition) is 2. The molecule has 2 rings (SSSR count). The number of methoxy groups -OCH3 is 1. The zero-order valence-corrected chi connectivity index (χ0v) is 20.6. The summed E-state index contributed by atoms with van der Waals surface area (Å²) in [6.45, 7) is 14.0. The van der Waals surface area contributed by atoms with Gasteiger partial charge in [0.25, 0.3) is 0 Å². The van der Waals surface area contributed by atoms with Crippen molar-refractivity contribution in [1.29, 1.82) is 0 Å². The summed E-state index contributed by atoms with van der Waals surface area (Å²) in [5.74, 6) is 7.18. The first-order valence-electron chi connectivity index (χ1n) is 10.3. The van der Waals surface area contributed by atoms with Crippen LogP contribution in [0.4, 0.5) is 5.69 Å². The van der Waals surface area contributed by atoms with Gasteiger partial charge >= 0.3 is 0 Å². The fraction of sp³-hybridized carbons (Fsp3) is 0.417. The van der Waals surface area contributed by atoms with Crippen molar-refractivity contribution < 1.29 is 13.2 Å². The molecule has 0 radical (unpaired) electrons. The molecule has 0 spiro atoms. The zero-order valence-electron chi connectivity index (χ0n) is 19.8. The number of hydrogen-bond acceptors (Lipinski definition) is 6. The van der Waals surface area contributed by atoms with Crippen LogP contribution < -0.4 is 21.3 Å². The van der Waals surface area contributed by atoms with Crippen molar-refractivity contribution in [3.8, 4) is 5.75 Å². The number of rotatable bonds is 6. The SMILES string of the molecule is COc1cc(C(C)C)c(C)cc1N(N)/C(C)=C(\N)S(=O)(=O)c1ccc(C(C)(C)C)cc1. The Morgan fingerprint density at radius 3 is 2.10 bits per heavy atom. The van der Waals surface area contributed by atoms with E-state index < -0.39 is 9.84 Å². The van der Waals surface area contributed by atoms with Crippen molar-refractivity contribution in [3.63, 3.8) is 0 Å². The summed E-state index contributed by atoms with van der Waals surface area (Å²) in [6, 6.07) is 10.6. The number of ether oxygens (including phenoxy) is 1. The number of nitrogens with two attached hydrogens (primary N) is 2. The molecule has 0 aliphatic heterocycles. The fourth-order valence-electron chi connectivity index (χ4n) is 3.42. The van der Waals surface area contributed by atoms with Crippen LogP contribution in [-0.4, -0.2) is 15.5 Å². The lowest BCUT2D eigenvalue weighted by atomic mass is 9.87. The minimum atomic E-state index is -3.91. The third kappa shape index (κ3) is 5.05. The van der Waals surface area contributed by atoms with Crippen LogP contribution in [0.25, 0.3) is 0 Å². The fourth-order valence-corrected chi connectivity index (χ4v) is 4.65. The van der Waals surface area contributed by atoms with Gasteiger partial charge in [-0.15, -0.1) is 0 Å². The van der Waals surface area contributed by atoms with Gasteiger partial charge in [-0.3, -0.25) is 5.01 Å². The summed E-state index contributed by atoms with van der Waals surface area (Å²) in [6.07, 6.45) is 0. The molecule has 0 fully saturated rings. The van der Waals surface area contributed by atoms with Crippen LogP contribution >= 0.6 is 0 Å². The molecular formula is C24H35N3O3S. The van der Waals surface area contributed by atoms with E-state index >= 15 is 0 Å². The Morgan fingerprint density at radius 2 is 1.65 bits per heavy atom. The average molecular weight is 446 g/mol. The molecule has 0 bridgehead atoms. The van der Waals surface area contributed by atoms with Gasteiger partial charge < -0.3 is 10.5 Å². The topological polar surface area (TPSA) is 98.7 Å². The van der Waals surface area contributed by atoms with Gasteiger partial charge in [-0.1, -0.05) is 46.8 Å². The number of aryl methyl sites for hydroxylation is 1. The quantitative estimate of drug-likeness (QED) is 0.493. The minimum absolute atomic E-state index is 0.0792. The highest BCUT2D eigenvalue weighted by Gasteiger charge is 2.25. The van der Waals surface area contributed by atoms with E-state index in [0.29, 0.717) is 17.4 Å². The second-order valence-corrected chi connectivity index (χ2v) is 11.1. The predicted octanol–water partition coefficient (Wildman–Crippen LogP) is 4.73. The van der Waals surface area contributed by atoms with Crippen LogP contribution in [-0.2, 0) is 15.3 Å². The average Bonchev–Trinajstić information content (AvgIpc) is 2.71. The molecule has 0 heterocycles. The molecule has 0 aliphatic rings. The van der Waals surface area contributed by atoms with E-state index in [1.54, 1.807) is 26.2 Å². The molecule has 170 valence electrons. The Morgan fingerprint density at radius 1 is 1.10 bits per heavy atom. The monoisotopic (exact) mass is 445 g/mol. The van der Waals surface area contributed by atoms with Crippen molar-refractivity contribution in [2.24, 2.45) is 11.6 Å². The Labute approximate surface area is 186 Å². The van der Waals surface area contributed by atoms with E-state index in [-0.39, 0.29) is 21.0 Å². The predicted molar refractivity (Wildman–Crippen MR) is 128 cm³/mol. The number of benzene rings is 2. The van der Waals surface area contributed by atoms with E-state index in [2.05, 4.69) is 34.6 Å². The van der Waals surface area contributed by atoms with E-state index in [9.17, 15) is 8.42 Å². The van der Waals surface area contributed by atoms with E-state index in [1.807, 2.05) is 31.2 Å². The molecule has 0 amide bonds.